The Hall–Kier alpha value is -2.67. The van der Waals surface area contributed by atoms with Crippen LogP contribution in [0, 0.1) is 5.41 Å². The summed E-state index contributed by atoms with van der Waals surface area (Å²) in [6.45, 7) is 8.90. The summed E-state index contributed by atoms with van der Waals surface area (Å²) in [6, 6.07) is 5.66. The quantitative estimate of drug-likeness (QED) is 0.767. The van der Waals surface area contributed by atoms with E-state index in [2.05, 4.69) is 9.97 Å². The molecule has 0 spiro atoms. The molecule has 156 valence electrons. The Bertz CT molecular complexity index is 847. The largest absolute Gasteiger partial charge is 0.462 e. The van der Waals surface area contributed by atoms with Crippen LogP contribution in [0.5, 0.6) is 0 Å². The normalized spacial score (nSPS) is 15.9. The maximum absolute atomic E-state index is 12.5. The summed E-state index contributed by atoms with van der Waals surface area (Å²) >= 11 is 0. The summed E-state index contributed by atoms with van der Waals surface area (Å²) in [7, 11) is 0. The molecular formula is C22H29N3O4. The van der Waals surface area contributed by atoms with Crippen LogP contribution in [-0.2, 0) is 14.4 Å². The summed E-state index contributed by atoms with van der Waals surface area (Å²) < 4.78 is 5.27. The predicted molar refractivity (Wildman–Crippen MR) is 109 cm³/mol. The van der Waals surface area contributed by atoms with Gasteiger partial charge in [0, 0.05) is 48.4 Å². The van der Waals surface area contributed by atoms with Crippen molar-refractivity contribution in [1.29, 1.82) is 0 Å². The first kappa shape index (κ1) is 21.0. The lowest BCUT2D eigenvalue weighted by Crippen LogP contribution is -2.38. The molecule has 1 aliphatic heterocycles. The maximum atomic E-state index is 12.5. The highest BCUT2D eigenvalue weighted by Gasteiger charge is 2.31. The van der Waals surface area contributed by atoms with Gasteiger partial charge in [0.1, 0.15) is 0 Å². The Labute approximate surface area is 171 Å². The van der Waals surface area contributed by atoms with E-state index in [9.17, 15) is 9.59 Å². The summed E-state index contributed by atoms with van der Waals surface area (Å²) in [5.41, 5.74) is 2.76. The van der Waals surface area contributed by atoms with Crippen LogP contribution in [0.15, 0.2) is 30.6 Å². The van der Waals surface area contributed by atoms with Crippen molar-refractivity contribution in [2.75, 3.05) is 19.7 Å². The van der Waals surface area contributed by atoms with Crippen LogP contribution in [0.3, 0.4) is 0 Å². The lowest BCUT2D eigenvalue weighted by atomic mass is 9.92. The molecule has 0 radical (unpaired) electrons. The Kier molecular flexibility index (Phi) is 6.37. The Balaban J connectivity index is 1.77. The Morgan fingerprint density at radius 3 is 2.45 bits per heavy atom. The van der Waals surface area contributed by atoms with E-state index in [-0.39, 0.29) is 17.9 Å². The van der Waals surface area contributed by atoms with Gasteiger partial charge in [-0.2, -0.15) is 0 Å². The minimum absolute atomic E-state index is 0.162. The Morgan fingerprint density at radius 1 is 1.21 bits per heavy atom. The fourth-order valence-corrected chi connectivity index (χ4v) is 3.35. The molecule has 29 heavy (non-hydrogen) atoms. The molecule has 1 saturated heterocycles. The molecule has 0 aliphatic carbocycles. The van der Waals surface area contributed by atoms with Gasteiger partial charge in [-0.3, -0.25) is 4.98 Å². The number of aromatic amines is 1. The zero-order valence-corrected chi connectivity index (χ0v) is 17.5. The lowest BCUT2D eigenvalue weighted by molar-refractivity contribution is -0.204. The standard InChI is InChI=1S/C22H29N3O4/c1-5-28-20(26)17-14-18(15-6-10-23-11-7-15)24-19(17)16-8-12-25(13-9-16)29-21(27)22(2,3)4/h6-7,10-11,14,16,24H,5,8-9,12-13H2,1-4H3. The number of nitrogens with zero attached hydrogens (tertiary/aromatic N) is 2. The number of aromatic nitrogens is 2. The summed E-state index contributed by atoms with van der Waals surface area (Å²) in [5, 5.41) is 1.72. The molecule has 1 N–H and O–H groups in total. The molecular weight excluding hydrogens is 370 g/mol. The zero-order chi connectivity index (χ0) is 21.0. The number of carbonyl (C=O) groups is 2. The van der Waals surface area contributed by atoms with Crippen molar-refractivity contribution in [2.24, 2.45) is 5.41 Å². The van der Waals surface area contributed by atoms with Crippen molar-refractivity contribution in [2.45, 2.75) is 46.5 Å². The molecule has 0 bridgehead atoms. The van der Waals surface area contributed by atoms with Crippen LogP contribution in [0.25, 0.3) is 11.3 Å². The van der Waals surface area contributed by atoms with E-state index in [1.165, 1.54) is 0 Å². The number of rotatable bonds is 5. The maximum Gasteiger partial charge on any atom is 0.339 e. The number of hydrogen-bond acceptors (Lipinski definition) is 6. The lowest BCUT2D eigenvalue weighted by Gasteiger charge is -2.32. The van der Waals surface area contributed by atoms with Crippen molar-refractivity contribution in [3.63, 3.8) is 0 Å². The molecule has 1 fully saturated rings. The molecule has 2 aromatic heterocycles. The molecule has 0 saturated carbocycles. The molecule has 7 heteroatoms. The smallest absolute Gasteiger partial charge is 0.339 e. The van der Waals surface area contributed by atoms with E-state index >= 15 is 0 Å². The van der Waals surface area contributed by atoms with E-state index < -0.39 is 5.41 Å². The van der Waals surface area contributed by atoms with Crippen molar-refractivity contribution < 1.29 is 19.2 Å². The van der Waals surface area contributed by atoms with Gasteiger partial charge in [-0.25, -0.2) is 9.59 Å². The van der Waals surface area contributed by atoms with Gasteiger partial charge in [-0.1, -0.05) is 0 Å². The van der Waals surface area contributed by atoms with Gasteiger partial charge < -0.3 is 14.6 Å². The average molecular weight is 399 g/mol. The van der Waals surface area contributed by atoms with Crippen LogP contribution in [0.2, 0.25) is 0 Å². The monoisotopic (exact) mass is 399 g/mol. The second-order valence-corrected chi connectivity index (χ2v) is 8.30. The third-order valence-corrected chi connectivity index (χ3v) is 5.02. The summed E-state index contributed by atoms with van der Waals surface area (Å²) in [5.74, 6) is -0.391. The molecule has 0 amide bonds. The third-order valence-electron chi connectivity index (χ3n) is 5.02. The van der Waals surface area contributed by atoms with E-state index in [1.54, 1.807) is 24.4 Å². The highest BCUT2D eigenvalue weighted by Crippen LogP contribution is 2.33. The molecule has 0 unspecified atom stereocenters. The van der Waals surface area contributed by atoms with Crippen LogP contribution in [-0.4, -0.2) is 46.7 Å². The average Bonchev–Trinajstić information content (AvgIpc) is 3.14. The SMILES string of the molecule is CCOC(=O)c1cc(-c2ccncc2)[nH]c1C1CCN(OC(=O)C(C)(C)C)CC1. The number of pyridine rings is 1. The number of hydrogen-bond donors (Lipinski definition) is 1. The topological polar surface area (TPSA) is 84.5 Å². The number of hydroxylamine groups is 2. The van der Waals surface area contributed by atoms with Crippen LogP contribution >= 0.6 is 0 Å². The van der Waals surface area contributed by atoms with Gasteiger partial charge in [0.25, 0.3) is 0 Å². The fourth-order valence-electron chi connectivity index (χ4n) is 3.35. The predicted octanol–water partition coefficient (Wildman–Crippen LogP) is 3.94. The minimum atomic E-state index is -0.535. The van der Waals surface area contributed by atoms with Crippen molar-refractivity contribution in [3.05, 3.63) is 41.9 Å². The van der Waals surface area contributed by atoms with Gasteiger partial charge >= 0.3 is 11.9 Å². The molecule has 3 heterocycles. The van der Waals surface area contributed by atoms with Gasteiger partial charge in [0.2, 0.25) is 0 Å². The molecule has 7 nitrogen and oxygen atoms in total. The van der Waals surface area contributed by atoms with E-state index in [1.807, 2.05) is 39.0 Å². The number of piperidine rings is 1. The number of esters is 1. The van der Waals surface area contributed by atoms with E-state index in [0.717, 1.165) is 29.8 Å². The van der Waals surface area contributed by atoms with Crippen LogP contribution in [0.4, 0.5) is 0 Å². The number of ether oxygens (including phenoxy) is 1. The van der Waals surface area contributed by atoms with E-state index in [0.29, 0.717) is 25.3 Å². The second kappa shape index (κ2) is 8.78. The molecule has 1 aliphatic rings. The Morgan fingerprint density at radius 2 is 1.86 bits per heavy atom. The first-order valence-corrected chi connectivity index (χ1v) is 10.1. The second-order valence-electron chi connectivity index (χ2n) is 8.30. The molecule has 0 atom stereocenters. The zero-order valence-electron chi connectivity index (χ0n) is 17.5. The number of H-pyrrole nitrogens is 1. The van der Waals surface area contributed by atoms with Gasteiger partial charge in [0.15, 0.2) is 0 Å². The first-order valence-electron chi connectivity index (χ1n) is 10.1. The third kappa shape index (κ3) is 5.03. The number of carbonyl (C=O) groups excluding carboxylic acids is 2. The van der Waals surface area contributed by atoms with Crippen molar-refractivity contribution in [3.8, 4) is 11.3 Å². The van der Waals surface area contributed by atoms with Crippen LogP contribution < -0.4 is 0 Å². The van der Waals surface area contributed by atoms with E-state index in [4.69, 9.17) is 9.57 Å². The van der Waals surface area contributed by atoms with Gasteiger partial charge in [-0.05, 0) is 58.7 Å². The fraction of sp³-hybridized carbons (Fsp3) is 0.500. The summed E-state index contributed by atoms with van der Waals surface area (Å²) in [6.07, 6.45) is 5.00. The highest BCUT2D eigenvalue weighted by molar-refractivity contribution is 5.92. The van der Waals surface area contributed by atoms with Crippen molar-refractivity contribution in [1.82, 2.24) is 15.0 Å². The minimum Gasteiger partial charge on any atom is -0.462 e. The summed E-state index contributed by atoms with van der Waals surface area (Å²) in [4.78, 5) is 37.7. The molecule has 0 aromatic carbocycles. The van der Waals surface area contributed by atoms with Crippen molar-refractivity contribution >= 4 is 11.9 Å². The molecule has 2 aromatic rings. The molecule has 3 rings (SSSR count). The highest BCUT2D eigenvalue weighted by atomic mass is 16.7. The first-order chi connectivity index (χ1) is 13.8. The van der Waals surface area contributed by atoms with Crippen LogP contribution in [0.1, 0.15) is 62.5 Å². The van der Waals surface area contributed by atoms with Gasteiger partial charge in [-0.15, -0.1) is 5.06 Å². The van der Waals surface area contributed by atoms with Gasteiger partial charge in [0.05, 0.1) is 17.6 Å². The number of nitrogens with one attached hydrogen (secondary N) is 1.